The first-order valence-electron chi connectivity index (χ1n) is 6.11. The molecule has 0 aliphatic rings. The van der Waals surface area contributed by atoms with E-state index in [9.17, 15) is 0 Å². The van der Waals surface area contributed by atoms with E-state index in [1.54, 1.807) is 0 Å². The molecular weight excluding hydrogens is 206 g/mol. The Labute approximate surface area is 100 Å². The van der Waals surface area contributed by atoms with Crippen molar-refractivity contribution in [2.75, 3.05) is 5.88 Å². The Morgan fingerprint density at radius 3 is 2.33 bits per heavy atom. The number of unbranched alkanes of at least 4 members (excludes halogenated alkanes) is 1. The number of alkyl halides is 1. The molecule has 0 rings (SSSR count). The predicted molar refractivity (Wildman–Crippen MR) is 71.2 cm³/mol. The molecule has 0 aromatic heterocycles. The lowest BCUT2D eigenvalue weighted by molar-refractivity contribution is 0.530. The summed E-state index contributed by atoms with van der Waals surface area (Å²) in [6.07, 6.45) is 8.25. The third-order valence-electron chi connectivity index (χ3n) is 2.29. The fourth-order valence-electron chi connectivity index (χ4n) is 1.49. The smallest absolute Gasteiger partial charge is 0.0520 e. The number of hydrogen-bond acceptors (Lipinski definition) is 1. The average Bonchev–Trinajstić information content (AvgIpc) is 2.13. The molecule has 0 amide bonds. The quantitative estimate of drug-likeness (QED) is 0.343. The first-order chi connectivity index (χ1) is 6.99. The Morgan fingerprint density at radius 1 is 1.20 bits per heavy atom. The van der Waals surface area contributed by atoms with Gasteiger partial charge in [-0.1, -0.05) is 19.8 Å². The first kappa shape index (κ1) is 15.0. The van der Waals surface area contributed by atoms with Gasteiger partial charge >= 0.3 is 0 Å². The van der Waals surface area contributed by atoms with Gasteiger partial charge < -0.3 is 0 Å². The summed E-state index contributed by atoms with van der Waals surface area (Å²) in [5.41, 5.74) is 0.0679. The Hall–Kier alpha value is -0.0400. The average molecular weight is 232 g/mol. The number of aliphatic imine (C=N–C) groups is 1. The summed E-state index contributed by atoms with van der Waals surface area (Å²) in [6.45, 7) is 8.67. The normalized spacial score (nSPS) is 14.7. The lowest BCUT2D eigenvalue weighted by atomic mass is 9.98. The van der Waals surface area contributed by atoms with Gasteiger partial charge in [-0.3, -0.25) is 4.99 Å². The molecule has 0 heterocycles. The van der Waals surface area contributed by atoms with Gasteiger partial charge in [0.2, 0.25) is 0 Å². The monoisotopic (exact) mass is 231 g/mol. The molecule has 0 N–H and O–H groups in total. The number of nitrogens with zero attached hydrogens (tertiary/aromatic N) is 1. The van der Waals surface area contributed by atoms with Crippen LogP contribution >= 0.6 is 11.6 Å². The van der Waals surface area contributed by atoms with Gasteiger partial charge in [0, 0.05) is 12.1 Å². The van der Waals surface area contributed by atoms with Crippen LogP contribution in [0.4, 0.5) is 0 Å². The van der Waals surface area contributed by atoms with Crippen LogP contribution in [0.5, 0.6) is 0 Å². The highest BCUT2D eigenvalue weighted by molar-refractivity contribution is 6.17. The summed E-state index contributed by atoms with van der Waals surface area (Å²) >= 11 is 5.68. The van der Waals surface area contributed by atoms with E-state index in [4.69, 9.17) is 11.6 Å². The Bertz CT molecular complexity index is 170. The summed E-state index contributed by atoms with van der Waals surface area (Å²) in [7, 11) is 0. The van der Waals surface area contributed by atoms with Crippen molar-refractivity contribution in [1.82, 2.24) is 0 Å². The van der Waals surface area contributed by atoms with Crippen molar-refractivity contribution in [3.8, 4) is 0 Å². The summed E-state index contributed by atoms with van der Waals surface area (Å²) in [5, 5.41) is 0. The van der Waals surface area contributed by atoms with Crippen LogP contribution in [0.2, 0.25) is 0 Å². The van der Waals surface area contributed by atoms with Crippen LogP contribution in [0.1, 0.15) is 59.8 Å². The Morgan fingerprint density at radius 2 is 1.87 bits per heavy atom. The van der Waals surface area contributed by atoms with E-state index in [1.165, 1.54) is 25.7 Å². The number of halogens is 1. The highest BCUT2D eigenvalue weighted by Crippen LogP contribution is 2.15. The zero-order chi connectivity index (χ0) is 11.7. The summed E-state index contributed by atoms with van der Waals surface area (Å²) in [4.78, 5) is 4.60. The van der Waals surface area contributed by atoms with E-state index in [2.05, 4.69) is 38.9 Å². The van der Waals surface area contributed by atoms with Gasteiger partial charge in [-0.15, -0.1) is 11.6 Å². The molecule has 0 radical (unpaired) electrons. The zero-order valence-electron chi connectivity index (χ0n) is 10.7. The molecule has 1 atom stereocenters. The summed E-state index contributed by atoms with van der Waals surface area (Å²) in [5.74, 6) is 1.44. The molecule has 0 aliphatic heterocycles. The van der Waals surface area contributed by atoms with E-state index in [0.29, 0.717) is 5.92 Å². The fraction of sp³-hybridized carbons (Fsp3) is 0.923. The highest BCUT2D eigenvalue weighted by atomic mass is 35.5. The van der Waals surface area contributed by atoms with Gasteiger partial charge in [0.05, 0.1) is 5.54 Å². The van der Waals surface area contributed by atoms with Crippen molar-refractivity contribution in [3.05, 3.63) is 0 Å². The lowest BCUT2D eigenvalue weighted by Crippen LogP contribution is -2.12. The lowest BCUT2D eigenvalue weighted by Gasteiger charge is -2.15. The molecule has 0 saturated carbocycles. The third kappa shape index (κ3) is 10.2. The predicted octanol–water partition coefficient (Wildman–Crippen LogP) is 4.68. The van der Waals surface area contributed by atoms with Crippen LogP contribution in [0, 0.1) is 5.92 Å². The molecule has 0 aromatic carbocycles. The molecule has 15 heavy (non-hydrogen) atoms. The van der Waals surface area contributed by atoms with Crippen LogP contribution in [0.25, 0.3) is 0 Å². The van der Waals surface area contributed by atoms with E-state index >= 15 is 0 Å². The summed E-state index contributed by atoms with van der Waals surface area (Å²) in [6, 6.07) is 0. The van der Waals surface area contributed by atoms with E-state index in [-0.39, 0.29) is 5.54 Å². The van der Waals surface area contributed by atoms with Crippen LogP contribution < -0.4 is 0 Å². The Balaban J connectivity index is 3.97. The number of rotatable bonds is 7. The maximum atomic E-state index is 5.68. The minimum absolute atomic E-state index is 0.0679. The van der Waals surface area contributed by atoms with Crippen molar-refractivity contribution in [2.24, 2.45) is 10.9 Å². The molecule has 0 aliphatic carbocycles. The Kier molecular flexibility index (Phi) is 8.13. The van der Waals surface area contributed by atoms with Gasteiger partial charge in [0.15, 0.2) is 0 Å². The van der Waals surface area contributed by atoms with E-state index < -0.39 is 0 Å². The highest BCUT2D eigenvalue weighted by Gasteiger charge is 2.08. The molecule has 0 fully saturated rings. The van der Waals surface area contributed by atoms with Crippen LogP contribution in [-0.2, 0) is 0 Å². The summed E-state index contributed by atoms with van der Waals surface area (Å²) < 4.78 is 0. The van der Waals surface area contributed by atoms with Crippen LogP contribution in [0.3, 0.4) is 0 Å². The minimum atomic E-state index is 0.0679. The van der Waals surface area contributed by atoms with Crippen molar-refractivity contribution >= 4 is 17.8 Å². The molecule has 1 nitrogen and oxygen atoms in total. The van der Waals surface area contributed by atoms with Crippen LogP contribution in [0.15, 0.2) is 4.99 Å². The van der Waals surface area contributed by atoms with Crippen molar-refractivity contribution in [2.45, 2.75) is 65.3 Å². The van der Waals surface area contributed by atoms with Gasteiger partial charge in [-0.25, -0.2) is 0 Å². The van der Waals surface area contributed by atoms with Gasteiger partial charge in [-0.2, -0.15) is 0 Å². The molecule has 1 unspecified atom stereocenters. The van der Waals surface area contributed by atoms with E-state index in [1.807, 2.05) is 0 Å². The first-order valence-corrected chi connectivity index (χ1v) is 6.64. The van der Waals surface area contributed by atoms with E-state index in [0.717, 1.165) is 12.3 Å². The molecule has 0 bridgehead atoms. The van der Waals surface area contributed by atoms with Crippen molar-refractivity contribution in [3.63, 3.8) is 0 Å². The van der Waals surface area contributed by atoms with Gasteiger partial charge in [-0.05, 0) is 46.0 Å². The molecule has 2 heteroatoms. The van der Waals surface area contributed by atoms with Crippen molar-refractivity contribution < 1.29 is 0 Å². The maximum Gasteiger partial charge on any atom is 0.0520 e. The standard InChI is InChI=1S/C13H26ClN/c1-5-8-12(9-6-7-10-14)11-15-13(2,3)4/h11-12H,5-10H2,1-4H3. The fourth-order valence-corrected chi connectivity index (χ4v) is 1.68. The molecule has 0 spiro atoms. The SMILES string of the molecule is CCCC(C=NC(C)(C)C)CCCCCl. The molecular formula is C13H26ClN. The molecule has 0 aromatic rings. The third-order valence-corrected chi connectivity index (χ3v) is 2.56. The number of hydrogen-bond donors (Lipinski definition) is 0. The zero-order valence-corrected chi connectivity index (χ0v) is 11.5. The largest absolute Gasteiger partial charge is 0.291 e. The van der Waals surface area contributed by atoms with Crippen LogP contribution in [-0.4, -0.2) is 17.6 Å². The van der Waals surface area contributed by atoms with Gasteiger partial charge in [0.1, 0.15) is 0 Å². The topological polar surface area (TPSA) is 12.4 Å². The second-order valence-electron chi connectivity index (χ2n) is 5.18. The molecule has 90 valence electrons. The molecule has 0 saturated heterocycles. The minimum Gasteiger partial charge on any atom is -0.291 e. The van der Waals surface area contributed by atoms with Crippen molar-refractivity contribution in [1.29, 1.82) is 0 Å². The van der Waals surface area contributed by atoms with Gasteiger partial charge in [0.25, 0.3) is 0 Å². The maximum absolute atomic E-state index is 5.68. The second kappa shape index (κ2) is 8.15. The second-order valence-corrected chi connectivity index (χ2v) is 5.56.